The molecule has 2 N–H and O–H groups in total. The molecule has 3 nitrogen and oxygen atoms in total. The van der Waals surface area contributed by atoms with Crippen LogP contribution in [0.1, 0.15) is 17.5 Å². The first-order valence-electron chi connectivity index (χ1n) is 6.44. The van der Waals surface area contributed by atoms with E-state index in [1.807, 2.05) is 0 Å². The largest absolute Gasteiger partial charge is 0.329 e. The van der Waals surface area contributed by atoms with Gasteiger partial charge in [-0.1, -0.05) is 24.3 Å². The normalized spacial score (nSPS) is 29.8. The number of nitrogens with two attached hydrogens (primary N) is 1. The summed E-state index contributed by atoms with van der Waals surface area (Å²) in [5.41, 5.74) is 9.24. The lowest BCUT2D eigenvalue weighted by molar-refractivity contribution is 0.0993. The fraction of sp³-hybridized carbons (Fsp3) is 0.571. The summed E-state index contributed by atoms with van der Waals surface area (Å²) in [4.78, 5) is 4.98. The first-order valence-corrected chi connectivity index (χ1v) is 6.44. The zero-order valence-corrected chi connectivity index (χ0v) is 10.5. The van der Waals surface area contributed by atoms with Gasteiger partial charge in [-0.15, -0.1) is 0 Å². The van der Waals surface area contributed by atoms with Crippen molar-refractivity contribution < 1.29 is 0 Å². The van der Waals surface area contributed by atoms with E-state index in [9.17, 15) is 0 Å². The maximum Gasteiger partial charge on any atom is 0.0477 e. The highest BCUT2D eigenvalue weighted by atomic mass is 15.3. The van der Waals surface area contributed by atoms with E-state index < -0.39 is 0 Å². The number of nitrogens with zero attached hydrogens (tertiary/aromatic N) is 2. The van der Waals surface area contributed by atoms with Gasteiger partial charge in [0.05, 0.1) is 0 Å². The number of likely N-dealkylation sites (tertiary alicyclic amines) is 1. The van der Waals surface area contributed by atoms with E-state index >= 15 is 0 Å². The minimum Gasteiger partial charge on any atom is -0.329 e. The summed E-state index contributed by atoms with van der Waals surface area (Å²) < 4.78 is 0. The molecule has 0 aliphatic carbocycles. The summed E-state index contributed by atoms with van der Waals surface area (Å²) in [6.45, 7) is 5.19. The molecule has 0 radical (unpaired) electrons. The van der Waals surface area contributed by atoms with Crippen LogP contribution in [0.15, 0.2) is 24.3 Å². The second kappa shape index (κ2) is 4.09. The van der Waals surface area contributed by atoms with Crippen molar-refractivity contribution in [3.63, 3.8) is 0 Å². The monoisotopic (exact) mass is 231 g/mol. The molecule has 92 valence electrons. The maximum absolute atomic E-state index is 6.08. The predicted molar refractivity (Wildman–Crippen MR) is 69.6 cm³/mol. The summed E-state index contributed by atoms with van der Waals surface area (Å²) in [5, 5.41) is 0. The standard InChI is InChI=1S/C14H21N3/c1-16-7-6-14(10-15,11-16)17-8-12-4-2-3-5-13(12)9-17/h2-5H,6-11,15H2,1H3. The SMILES string of the molecule is CN1CCC(CN)(N2Cc3ccccc3C2)C1. The summed E-state index contributed by atoms with van der Waals surface area (Å²) in [6.07, 6.45) is 1.20. The highest BCUT2D eigenvalue weighted by Crippen LogP contribution is 2.34. The molecule has 0 amide bonds. The van der Waals surface area contributed by atoms with Gasteiger partial charge in [0, 0.05) is 31.7 Å². The third-order valence-corrected chi connectivity index (χ3v) is 4.41. The molecule has 1 fully saturated rings. The Hall–Kier alpha value is -0.900. The van der Waals surface area contributed by atoms with Gasteiger partial charge in [0.1, 0.15) is 0 Å². The summed E-state index contributed by atoms with van der Waals surface area (Å²) in [6, 6.07) is 8.77. The van der Waals surface area contributed by atoms with Crippen molar-refractivity contribution in [1.82, 2.24) is 9.80 Å². The Bertz CT molecular complexity index is 393. The first-order chi connectivity index (χ1) is 8.23. The number of rotatable bonds is 2. The number of hydrogen-bond donors (Lipinski definition) is 1. The predicted octanol–water partition coefficient (Wildman–Crippen LogP) is 1.04. The molecule has 1 saturated heterocycles. The van der Waals surface area contributed by atoms with Crippen molar-refractivity contribution in [2.75, 3.05) is 26.7 Å². The zero-order chi connectivity index (χ0) is 11.9. The van der Waals surface area contributed by atoms with Gasteiger partial charge in [-0.3, -0.25) is 4.90 Å². The van der Waals surface area contributed by atoms with Gasteiger partial charge in [0.25, 0.3) is 0 Å². The van der Waals surface area contributed by atoms with Crippen molar-refractivity contribution in [2.24, 2.45) is 5.73 Å². The van der Waals surface area contributed by atoms with Crippen LogP contribution in [0.25, 0.3) is 0 Å². The molecule has 3 rings (SSSR count). The van der Waals surface area contributed by atoms with Crippen LogP contribution < -0.4 is 5.73 Å². The van der Waals surface area contributed by atoms with Gasteiger partial charge in [-0.2, -0.15) is 0 Å². The van der Waals surface area contributed by atoms with Gasteiger partial charge < -0.3 is 10.6 Å². The molecule has 1 unspecified atom stereocenters. The Kier molecular flexibility index (Phi) is 2.69. The topological polar surface area (TPSA) is 32.5 Å². The van der Waals surface area contributed by atoms with E-state index in [2.05, 4.69) is 41.1 Å². The zero-order valence-electron chi connectivity index (χ0n) is 10.5. The average Bonchev–Trinajstić information content (AvgIpc) is 2.93. The second-order valence-corrected chi connectivity index (χ2v) is 5.54. The van der Waals surface area contributed by atoms with Crippen LogP contribution in [0.2, 0.25) is 0 Å². The third kappa shape index (κ3) is 1.79. The Labute approximate surface area is 103 Å². The lowest BCUT2D eigenvalue weighted by Crippen LogP contribution is -2.53. The summed E-state index contributed by atoms with van der Waals surface area (Å²) >= 11 is 0. The van der Waals surface area contributed by atoms with Gasteiger partial charge in [0.15, 0.2) is 0 Å². The fourth-order valence-electron chi connectivity index (χ4n) is 3.28. The maximum atomic E-state index is 6.08. The lowest BCUT2D eigenvalue weighted by atomic mass is 9.96. The Balaban J connectivity index is 1.83. The molecular formula is C14H21N3. The molecule has 0 saturated carbocycles. The molecule has 0 spiro atoms. The molecule has 2 aliphatic rings. The third-order valence-electron chi connectivity index (χ3n) is 4.41. The van der Waals surface area contributed by atoms with Gasteiger partial charge in [-0.05, 0) is 31.1 Å². The van der Waals surface area contributed by atoms with E-state index in [4.69, 9.17) is 5.73 Å². The number of likely N-dealkylation sites (N-methyl/N-ethyl adjacent to an activating group) is 1. The molecule has 2 aliphatic heterocycles. The van der Waals surface area contributed by atoms with Crippen molar-refractivity contribution >= 4 is 0 Å². The van der Waals surface area contributed by atoms with Crippen molar-refractivity contribution in [2.45, 2.75) is 25.0 Å². The van der Waals surface area contributed by atoms with Crippen LogP contribution in [0.4, 0.5) is 0 Å². The van der Waals surface area contributed by atoms with Gasteiger partial charge >= 0.3 is 0 Å². The molecule has 17 heavy (non-hydrogen) atoms. The van der Waals surface area contributed by atoms with Crippen LogP contribution in [-0.2, 0) is 13.1 Å². The van der Waals surface area contributed by atoms with Gasteiger partial charge in [-0.25, -0.2) is 0 Å². The number of hydrogen-bond acceptors (Lipinski definition) is 3. The van der Waals surface area contributed by atoms with Crippen LogP contribution in [0.5, 0.6) is 0 Å². The van der Waals surface area contributed by atoms with Crippen LogP contribution in [0, 0.1) is 0 Å². The van der Waals surface area contributed by atoms with E-state index in [-0.39, 0.29) is 5.54 Å². The van der Waals surface area contributed by atoms with E-state index in [0.29, 0.717) is 0 Å². The smallest absolute Gasteiger partial charge is 0.0477 e. The lowest BCUT2D eigenvalue weighted by Gasteiger charge is -2.37. The highest BCUT2D eigenvalue weighted by molar-refractivity contribution is 5.31. The molecule has 1 atom stereocenters. The number of benzene rings is 1. The highest BCUT2D eigenvalue weighted by Gasteiger charge is 2.42. The second-order valence-electron chi connectivity index (χ2n) is 5.54. The van der Waals surface area contributed by atoms with Crippen molar-refractivity contribution in [3.8, 4) is 0 Å². The average molecular weight is 231 g/mol. The minimum atomic E-state index is 0.202. The summed E-state index contributed by atoms with van der Waals surface area (Å²) in [5.74, 6) is 0. The molecule has 0 aromatic heterocycles. The molecule has 3 heteroatoms. The van der Waals surface area contributed by atoms with Gasteiger partial charge in [0.2, 0.25) is 0 Å². The van der Waals surface area contributed by atoms with E-state index in [1.54, 1.807) is 0 Å². The molecule has 1 aromatic carbocycles. The Morgan fingerprint density at radius 3 is 2.35 bits per heavy atom. The quantitative estimate of drug-likeness (QED) is 0.825. The van der Waals surface area contributed by atoms with Crippen molar-refractivity contribution in [3.05, 3.63) is 35.4 Å². The molecule has 2 heterocycles. The minimum absolute atomic E-state index is 0.202. The van der Waals surface area contributed by atoms with Crippen LogP contribution in [0.3, 0.4) is 0 Å². The fourth-order valence-corrected chi connectivity index (χ4v) is 3.28. The van der Waals surface area contributed by atoms with Crippen LogP contribution in [-0.4, -0.2) is 42.0 Å². The molecule has 1 aromatic rings. The van der Waals surface area contributed by atoms with E-state index in [1.165, 1.54) is 24.1 Å². The van der Waals surface area contributed by atoms with E-state index in [0.717, 1.165) is 26.2 Å². The summed E-state index contributed by atoms with van der Waals surface area (Å²) in [7, 11) is 2.20. The first kappa shape index (κ1) is 11.2. The number of fused-ring (bicyclic) bond motifs is 1. The Morgan fingerprint density at radius 1 is 1.24 bits per heavy atom. The van der Waals surface area contributed by atoms with Crippen molar-refractivity contribution in [1.29, 1.82) is 0 Å². The van der Waals surface area contributed by atoms with Crippen LogP contribution >= 0.6 is 0 Å². The molecule has 0 bridgehead atoms. The molecular weight excluding hydrogens is 210 g/mol. The Morgan fingerprint density at radius 2 is 1.88 bits per heavy atom.